The van der Waals surface area contributed by atoms with Gasteiger partial charge in [0.15, 0.2) is 5.75 Å². The molecule has 0 bridgehead atoms. The van der Waals surface area contributed by atoms with Gasteiger partial charge in [0, 0.05) is 6.07 Å². The minimum absolute atomic E-state index is 0.0576. The van der Waals surface area contributed by atoms with Crippen LogP contribution >= 0.6 is 0 Å². The molecule has 1 aromatic heterocycles. The first-order chi connectivity index (χ1) is 8.41. The van der Waals surface area contributed by atoms with Gasteiger partial charge in [0.25, 0.3) is 0 Å². The van der Waals surface area contributed by atoms with E-state index in [4.69, 9.17) is 10.00 Å². The van der Waals surface area contributed by atoms with Crippen molar-refractivity contribution in [3.05, 3.63) is 17.5 Å². The van der Waals surface area contributed by atoms with Gasteiger partial charge >= 0.3 is 6.36 Å². The summed E-state index contributed by atoms with van der Waals surface area (Å²) < 4.78 is 57.2. The summed E-state index contributed by atoms with van der Waals surface area (Å²) in [5.41, 5.74) is -0.472. The van der Waals surface area contributed by atoms with Crippen LogP contribution in [0, 0.1) is 11.3 Å². The lowest BCUT2D eigenvalue weighted by Crippen LogP contribution is -2.19. The highest BCUT2D eigenvalue weighted by Crippen LogP contribution is 2.31. The number of pyridine rings is 1. The van der Waals surface area contributed by atoms with Crippen molar-refractivity contribution >= 4 is 0 Å². The number of ether oxygens (including phenoxy) is 2. The summed E-state index contributed by atoms with van der Waals surface area (Å²) in [6.07, 6.45) is -5.16. The Morgan fingerprint density at radius 1 is 1.33 bits per heavy atom. The van der Waals surface area contributed by atoms with Gasteiger partial charge in [-0.3, -0.25) is 0 Å². The number of nitriles is 1. The van der Waals surface area contributed by atoms with Crippen LogP contribution in [0.4, 0.5) is 17.6 Å². The van der Waals surface area contributed by atoms with Gasteiger partial charge in [-0.1, -0.05) is 0 Å². The van der Waals surface area contributed by atoms with Crippen molar-refractivity contribution in [1.29, 1.82) is 5.26 Å². The second-order valence-electron chi connectivity index (χ2n) is 3.10. The van der Waals surface area contributed by atoms with Crippen molar-refractivity contribution in [3.8, 4) is 17.6 Å². The highest BCUT2D eigenvalue weighted by atomic mass is 19.4. The highest BCUT2D eigenvalue weighted by molar-refractivity contribution is 5.41. The van der Waals surface area contributed by atoms with Crippen molar-refractivity contribution in [2.75, 3.05) is 7.11 Å². The molecule has 18 heavy (non-hydrogen) atoms. The van der Waals surface area contributed by atoms with Crippen molar-refractivity contribution in [1.82, 2.24) is 4.98 Å². The zero-order valence-corrected chi connectivity index (χ0v) is 9.21. The quantitative estimate of drug-likeness (QED) is 0.784. The molecule has 0 fully saturated rings. The molecule has 0 spiro atoms. The van der Waals surface area contributed by atoms with E-state index in [0.717, 1.165) is 6.07 Å². The van der Waals surface area contributed by atoms with E-state index in [1.165, 1.54) is 7.11 Å². The van der Waals surface area contributed by atoms with Crippen LogP contribution in [0.25, 0.3) is 0 Å². The summed E-state index contributed by atoms with van der Waals surface area (Å²) in [7, 11) is 1.20. The first-order valence-corrected chi connectivity index (χ1v) is 4.66. The molecule has 0 N–H and O–H groups in total. The van der Waals surface area contributed by atoms with Gasteiger partial charge < -0.3 is 9.47 Å². The van der Waals surface area contributed by atoms with E-state index in [2.05, 4.69) is 9.72 Å². The third kappa shape index (κ3) is 3.48. The second-order valence-corrected chi connectivity index (χ2v) is 3.10. The predicted molar refractivity (Wildman–Crippen MR) is 51.6 cm³/mol. The number of methoxy groups -OCH3 is 1. The van der Waals surface area contributed by atoms with Crippen LogP contribution in [0.1, 0.15) is 11.4 Å². The van der Waals surface area contributed by atoms with Gasteiger partial charge in [-0.2, -0.15) is 5.26 Å². The first-order valence-electron chi connectivity index (χ1n) is 4.66. The topological polar surface area (TPSA) is 55.1 Å². The van der Waals surface area contributed by atoms with E-state index < -0.39 is 24.5 Å². The zero-order chi connectivity index (χ0) is 13.8. The van der Waals surface area contributed by atoms with Crippen molar-refractivity contribution < 1.29 is 27.0 Å². The number of hydrogen-bond donors (Lipinski definition) is 0. The predicted octanol–water partition coefficient (Wildman–Crippen LogP) is 2.52. The van der Waals surface area contributed by atoms with Gasteiger partial charge in [-0.05, 0) is 0 Å². The molecule has 0 saturated carbocycles. The Balaban J connectivity index is 3.22. The van der Waals surface area contributed by atoms with Crippen LogP contribution in [-0.2, 0) is 13.1 Å². The van der Waals surface area contributed by atoms with Crippen LogP contribution in [-0.4, -0.2) is 18.5 Å². The summed E-state index contributed by atoms with van der Waals surface area (Å²) >= 11 is 0. The van der Waals surface area contributed by atoms with E-state index in [-0.39, 0.29) is 17.9 Å². The number of aromatic nitrogens is 1. The number of rotatable bonds is 4. The molecule has 4 nitrogen and oxygen atoms in total. The number of alkyl halides is 4. The summed E-state index contributed by atoms with van der Waals surface area (Å²) in [4.78, 5) is 3.59. The summed E-state index contributed by atoms with van der Waals surface area (Å²) in [6, 6.07) is 2.61. The Morgan fingerprint density at radius 3 is 2.44 bits per heavy atom. The molecule has 0 atom stereocenters. The molecular formula is C10H8F4N2O2. The fourth-order valence-corrected chi connectivity index (χ4v) is 1.25. The number of hydrogen-bond acceptors (Lipinski definition) is 4. The first kappa shape index (κ1) is 14.0. The standard InChI is InChI=1S/C10H8F4N2O2/c1-17-8-4-9(18-10(12,13)14)7(5-11)16-6(8)2-3-15/h4H,2,5H2,1H3. The minimum Gasteiger partial charge on any atom is -0.495 e. The van der Waals surface area contributed by atoms with E-state index in [1.807, 2.05) is 0 Å². The van der Waals surface area contributed by atoms with Crippen LogP contribution in [0.2, 0.25) is 0 Å². The molecule has 0 unspecified atom stereocenters. The normalized spacial score (nSPS) is 10.9. The number of nitrogens with zero attached hydrogens (tertiary/aromatic N) is 2. The van der Waals surface area contributed by atoms with E-state index in [0.29, 0.717) is 0 Å². The highest BCUT2D eigenvalue weighted by Gasteiger charge is 2.33. The molecule has 0 saturated heterocycles. The molecule has 0 aliphatic carbocycles. The summed E-state index contributed by atoms with van der Waals surface area (Å²) in [6.45, 7) is -1.24. The molecule has 8 heteroatoms. The molecular weight excluding hydrogens is 256 g/mol. The van der Waals surface area contributed by atoms with Gasteiger partial charge in [0.2, 0.25) is 0 Å². The lowest BCUT2D eigenvalue weighted by atomic mass is 10.2. The minimum atomic E-state index is -4.95. The lowest BCUT2D eigenvalue weighted by molar-refractivity contribution is -0.275. The average Bonchev–Trinajstić information content (AvgIpc) is 2.28. The Bertz CT molecular complexity index is 468. The Hall–Kier alpha value is -2.04. The largest absolute Gasteiger partial charge is 0.573 e. The van der Waals surface area contributed by atoms with E-state index >= 15 is 0 Å². The molecule has 0 amide bonds. The molecule has 0 aromatic carbocycles. The van der Waals surface area contributed by atoms with Gasteiger partial charge in [0.05, 0.1) is 25.3 Å². The maximum Gasteiger partial charge on any atom is 0.573 e. The van der Waals surface area contributed by atoms with Crippen molar-refractivity contribution in [3.63, 3.8) is 0 Å². The maximum absolute atomic E-state index is 12.6. The van der Waals surface area contributed by atoms with Gasteiger partial charge in [0.1, 0.15) is 18.1 Å². The molecule has 0 radical (unpaired) electrons. The summed E-state index contributed by atoms with van der Waals surface area (Å²) in [5.74, 6) is -0.837. The van der Waals surface area contributed by atoms with E-state index in [9.17, 15) is 17.6 Å². The Kier molecular flexibility index (Phi) is 4.31. The molecule has 1 aromatic rings. The third-order valence-electron chi connectivity index (χ3n) is 1.92. The fraction of sp³-hybridized carbons (Fsp3) is 0.400. The molecule has 1 heterocycles. The van der Waals surface area contributed by atoms with Crippen LogP contribution < -0.4 is 9.47 Å². The lowest BCUT2D eigenvalue weighted by Gasteiger charge is -2.14. The third-order valence-corrected chi connectivity index (χ3v) is 1.92. The molecule has 98 valence electrons. The van der Waals surface area contributed by atoms with E-state index in [1.54, 1.807) is 6.07 Å². The van der Waals surface area contributed by atoms with Crippen molar-refractivity contribution in [2.45, 2.75) is 19.5 Å². The average molecular weight is 264 g/mol. The van der Waals surface area contributed by atoms with Gasteiger partial charge in [-0.25, -0.2) is 9.37 Å². The Labute approximate surface area is 99.8 Å². The van der Waals surface area contributed by atoms with Crippen LogP contribution in [0.3, 0.4) is 0 Å². The molecule has 0 aliphatic rings. The SMILES string of the molecule is COc1cc(OC(F)(F)F)c(CF)nc1CC#N. The number of halogens is 4. The molecule has 1 rings (SSSR count). The molecule has 0 aliphatic heterocycles. The van der Waals surface area contributed by atoms with Crippen LogP contribution in [0.5, 0.6) is 11.5 Å². The fourth-order valence-electron chi connectivity index (χ4n) is 1.25. The smallest absolute Gasteiger partial charge is 0.495 e. The maximum atomic E-state index is 12.6. The second kappa shape index (κ2) is 5.53. The van der Waals surface area contributed by atoms with Crippen LogP contribution in [0.15, 0.2) is 6.07 Å². The Morgan fingerprint density at radius 2 is 2.00 bits per heavy atom. The van der Waals surface area contributed by atoms with Crippen molar-refractivity contribution in [2.24, 2.45) is 0 Å². The summed E-state index contributed by atoms with van der Waals surface area (Å²) in [5, 5.41) is 8.51. The van der Waals surface area contributed by atoms with Gasteiger partial charge in [-0.15, -0.1) is 13.2 Å². The monoisotopic (exact) mass is 264 g/mol. The zero-order valence-electron chi connectivity index (χ0n) is 9.21.